The molecule has 0 amide bonds. The molecule has 0 saturated carbocycles. The Balaban J connectivity index is 2.12. The first-order valence-corrected chi connectivity index (χ1v) is 5.99. The summed E-state index contributed by atoms with van der Waals surface area (Å²) in [7, 11) is 0. The summed E-state index contributed by atoms with van der Waals surface area (Å²) in [6, 6.07) is 9.84. The summed E-state index contributed by atoms with van der Waals surface area (Å²) < 4.78 is 9.90. The van der Waals surface area contributed by atoms with Gasteiger partial charge in [0, 0.05) is 6.08 Å². The second kappa shape index (κ2) is 9.08. The van der Waals surface area contributed by atoms with Crippen LogP contribution in [0.15, 0.2) is 49.1 Å². The van der Waals surface area contributed by atoms with Crippen LogP contribution >= 0.6 is 0 Å². The van der Waals surface area contributed by atoms with Crippen molar-refractivity contribution in [2.75, 3.05) is 19.8 Å². The van der Waals surface area contributed by atoms with Crippen LogP contribution in [0, 0.1) is 0 Å². The number of hydrogen-bond donors (Lipinski definition) is 1. The Kier molecular flexibility index (Phi) is 7.24. The maximum atomic E-state index is 10.7. The van der Waals surface area contributed by atoms with E-state index in [-0.39, 0.29) is 13.2 Å². The molecular weight excluding hydrogens is 244 g/mol. The smallest absolute Gasteiger partial charge is 0.330 e. The number of benzene rings is 1. The quantitative estimate of drug-likeness (QED) is 0.441. The summed E-state index contributed by atoms with van der Waals surface area (Å²) in [5, 5.41) is 9.45. The van der Waals surface area contributed by atoms with Gasteiger partial charge >= 0.3 is 5.97 Å². The van der Waals surface area contributed by atoms with Gasteiger partial charge in [0.2, 0.25) is 0 Å². The van der Waals surface area contributed by atoms with Crippen molar-refractivity contribution in [2.24, 2.45) is 0 Å². The monoisotopic (exact) mass is 262 g/mol. The molecule has 0 radical (unpaired) electrons. The van der Waals surface area contributed by atoms with Crippen LogP contribution in [-0.2, 0) is 14.3 Å². The minimum absolute atomic E-state index is 0.0900. The number of aliphatic hydroxyl groups excluding tert-OH is 1. The summed E-state index contributed by atoms with van der Waals surface area (Å²) in [5.74, 6) is -0.553. The average molecular weight is 262 g/mol. The van der Waals surface area contributed by atoms with Crippen LogP contribution in [0.4, 0.5) is 0 Å². The van der Waals surface area contributed by atoms with Crippen LogP contribution < -0.4 is 0 Å². The largest absolute Gasteiger partial charge is 0.460 e. The lowest BCUT2D eigenvalue weighted by atomic mass is 10.2. The lowest BCUT2D eigenvalue weighted by Crippen LogP contribution is -2.23. The van der Waals surface area contributed by atoms with Gasteiger partial charge in [0.05, 0.1) is 13.2 Å². The molecule has 0 aliphatic carbocycles. The van der Waals surface area contributed by atoms with Crippen LogP contribution in [0.25, 0.3) is 6.08 Å². The zero-order valence-electron chi connectivity index (χ0n) is 10.7. The highest BCUT2D eigenvalue weighted by atomic mass is 16.5. The number of esters is 1. The number of carbonyl (C=O) groups is 1. The molecule has 0 aliphatic heterocycles. The van der Waals surface area contributed by atoms with Gasteiger partial charge < -0.3 is 14.6 Å². The maximum Gasteiger partial charge on any atom is 0.330 e. The minimum atomic E-state index is -0.825. The average Bonchev–Trinajstić information content (AvgIpc) is 2.45. The molecule has 0 fully saturated rings. The van der Waals surface area contributed by atoms with Crippen molar-refractivity contribution in [1.29, 1.82) is 0 Å². The van der Waals surface area contributed by atoms with E-state index in [9.17, 15) is 9.90 Å². The predicted molar refractivity (Wildman–Crippen MR) is 73.5 cm³/mol. The molecule has 1 rings (SSSR count). The molecule has 0 heterocycles. The molecule has 0 aromatic heterocycles. The summed E-state index contributed by atoms with van der Waals surface area (Å²) in [5.41, 5.74) is 1.09. The van der Waals surface area contributed by atoms with Gasteiger partial charge in [-0.2, -0.15) is 0 Å². The van der Waals surface area contributed by atoms with E-state index in [4.69, 9.17) is 4.74 Å². The van der Waals surface area contributed by atoms with Gasteiger partial charge in [0.15, 0.2) is 0 Å². The Morgan fingerprint density at radius 1 is 1.32 bits per heavy atom. The van der Waals surface area contributed by atoms with E-state index in [1.54, 1.807) is 0 Å². The number of aliphatic hydroxyl groups is 1. The van der Waals surface area contributed by atoms with Crippen molar-refractivity contribution in [3.05, 3.63) is 54.6 Å². The first-order valence-electron chi connectivity index (χ1n) is 5.99. The molecule has 1 unspecified atom stereocenters. The summed E-state index contributed by atoms with van der Waals surface area (Å²) in [6.07, 6.45) is 4.02. The van der Waals surface area contributed by atoms with Gasteiger partial charge in [-0.3, -0.25) is 0 Å². The number of carbonyl (C=O) groups excluding carboxylic acids is 1. The Bertz CT molecular complexity index is 411. The van der Waals surface area contributed by atoms with Crippen LogP contribution in [0.3, 0.4) is 0 Å². The Morgan fingerprint density at radius 3 is 2.74 bits per heavy atom. The SMILES string of the molecule is C=CC(=O)OCC(O)COCC=Cc1ccccc1. The maximum absolute atomic E-state index is 10.7. The molecule has 1 atom stereocenters. The van der Waals surface area contributed by atoms with Crippen molar-refractivity contribution in [2.45, 2.75) is 6.10 Å². The van der Waals surface area contributed by atoms with E-state index in [1.165, 1.54) is 0 Å². The van der Waals surface area contributed by atoms with E-state index >= 15 is 0 Å². The highest BCUT2D eigenvalue weighted by molar-refractivity contribution is 5.81. The van der Waals surface area contributed by atoms with Crippen LogP contribution in [0.2, 0.25) is 0 Å². The van der Waals surface area contributed by atoms with Crippen molar-refractivity contribution in [1.82, 2.24) is 0 Å². The van der Waals surface area contributed by atoms with Gasteiger partial charge in [-0.25, -0.2) is 4.79 Å². The second-order valence-electron chi connectivity index (χ2n) is 3.84. The number of hydrogen-bond acceptors (Lipinski definition) is 4. The third kappa shape index (κ3) is 7.18. The summed E-state index contributed by atoms with van der Waals surface area (Å²) in [4.78, 5) is 10.7. The molecule has 4 heteroatoms. The molecule has 102 valence electrons. The van der Waals surface area contributed by atoms with Gasteiger partial charge in [-0.05, 0) is 5.56 Å². The highest BCUT2D eigenvalue weighted by Crippen LogP contribution is 2.00. The number of ether oxygens (including phenoxy) is 2. The fourth-order valence-electron chi connectivity index (χ4n) is 1.31. The second-order valence-corrected chi connectivity index (χ2v) is 3.84. The van der Waals surface area contributed by atoms with Gasteiger partial charge in [0.1, 0.15) is 12.7 Å². The fraction of sp³-hybridized carbons (Fsp3) is 0.267. The Labute approximate surface area is 113 Å². The topological polar surface area (TPSA) is 55.8 Å². The molecule has 1 aromatic rings. The van der Waals surface area contributed by atoms with Crippen molar-refractivity contribution >= 4 is 12.0 Å². The molecule has 0 saturated heterocycles. The molecule has 0 spiro atoms. The third-order valence-electron chi connectivity index (χ3n) is 2.22. The molecule has 0 bridgehead atoms. The lowest BCUT2D eigenvalue weighted by Gasteiger charge is -2.09. The zero-order valence-corrected chi connectivity index (χ0v) is 10.7. The first kappa shape index (κ1) is 15.1. The van der Waals surface area contributed by atoms with Gasteiger partial charge in [-0.1, -0.05) is 49.1 Å². The molecule has 4 nitrogen and oxygen atoms in total. The molecular formula is C15H18O4. The zero-order chi connectivity index (χ0) is 13.9. The van der Waals surface area contributed by atoms with E-state index in [1.807, 2.05) is 42.5 Å². The molecule has 19 heavy (non-hydrogen) atoms. The summed E-state index contributed by atoms with van der Waals surface area (Å²) in [6.45, 7) is 3.67. The normalized spacial score (nSPS) is 12.3. The minimum Gasteiger partial charge on any atom is -0.460 e. The Hall–Kier alpha value is -1.91. The Morgan fingerprint density at radius 2 is 2.05 bits per heavy atom. The fourth-order valence-corrected chi connectivity index (χ4v) is 1.31. The first-order chi connectivity index (χ1) is 9.22. The molecule has 0 aliphatic rings. The van der Waals surface area contributed by atoms with Crippen LogP contribution in [0.5, 0.6) is 0 Å². The van der Waals surface area contributed by atoms with Crippen molar-refractivity contribution in [3.8, 4) is 0 Å². The molecule has 1 aromatic carbocycles. The standard InChI is InChI=1S/C15H18O4/c1-2-15(17)19-12-14(16)11-18-10-6-9-13-7-4-3-5-8-13/h2-9,14,16H,1,10-12H2. The third-order valence-corrected chi connectivity index (χ3v) is 2.22. The highest BCUT2D eigenvalue weighted by Gasteiger charge is 2.06. The van der Waals surface area contributed by atoms with Crippen LogP contribution in [0.1, 0.15) is 5.56 Å². The van der Waals surface area contributed by atoms with E-state index < -0.39 is 12.1 Å². The van der Waals surface area contributed by atoms with E-state index in [2.05, 4.69) is 11.3 Å². The van der Waals surface area contributed by atoms with Gasteiger partial charge in [0.25, 0.3) is 0 Å². The summed E-state index contributed by atoms with van der Waals surface area (Å²) >= 11 is 0. The van der Waals surface area contributed by atoms with E-state index in [0.29, 0.717) is 6.61 Å². The van der Waals surface area contributed by atoms with Crippen molar-refractivity contribution in [3.63, 3.8) is 0 Å². The predicted octanol–water partition coefficient (Wildman–Crippen LogP) is 1.81. The lowest BCUT2D eigenvalue weighted by molar-refractivity contribution is -0.141. The van der Waals surface area contributed by atoms with Crippen molar-refractivity contribution < 1.29 is 19.4 Å². The van der Waals surface area contributed by atoms with Gasteiger partial charge in [-0.15, -0.1) is 0 Å². The number of rotatable bonds is 8. The molecule has 1 N–H and O–H groups in total. The van der Waals surface area contributed by atoms with Crippen LogP contribution in [-0.4, -0.2) is 37.0 Å². The van der Waals surface area contributed by atoms with E-state index in [0.717, 1.165) is 11.6 Å².